The lowest BCUT2D eigenvalue weighted by atomic mass is 10.1. The van der Waals surface area contributed by atoms with Crippen LogP contribution in [0.5, 0.6) is 0 Å². The highest BCUT2D eigenvalue weighted by molar-refractivity contribution is 6.30. The van der Waals surface area contributed by atoms with E-state index in [2.05, 4.69) is 28.3 Å². The molecule has 0 amide bonds. The third-order valence-electron chi connectivity index (χ3n) is 3.61. The zero-order valence-corrected chi connectivity index (χ0v) is 12.8. The SMILES string of the molecule is Cc1nc2ccccc2c(NCc2ccc(Cl)cn2)c1C. The largest absolute Gasteiger partial charge is 0.379 e. The molecule has 21 heavy (non-hydrogen) atoms. The van der Waals surface area contributed by atoms with Gasteiger partial charge in [-0.3, -0.25) is 9.97 Å². The smallest absolute Gasteiger partial charge is 0.0726 e. The van der Waals surface area contributed by atoms with Crippen molar-refractivity contribution in [1.82, 2.24) is 9.97 Å². The normalized spacial score (nSPS) is 10.8. The zero-order valence-electron chi connectivity index (χ0n) is 12.0. The van der Waals surface area contributed by atoms with Crippen LogP contribution in [0.4, 0.5) is 5.69 Å². The molecular formula is C17H16ClN3. The molecule has 0 spiro atoms. The van der Waals surface area contributed by atoms with Gasteiger partial charge in [-0.25, -0.2) is 0 Å². The fourth-order valence-corrected chi connectivity index (χ4v) is 2.46. The van der Waals surface area contributed by atoms with Crippen molar-refractivity contribution in [2.75, 3.05) is 5.32 Å². The number of anilines is 1. The third-order valence-corrected chi connectivity index (χ3v) is 3.84. The summed E-state index contributed by atoms with van der Waals surface area (Å²) in [5, 5.41) is 5.27. The molecular weight excluding hydrogens is 282 g/mol. The first kappa shape index (κ1) is 13.8. The number of hydrogen-bond donors (Lipinski definition) is 1. The number of rotatable bonds is 3. The van der Waals surface area contributed by atoms with Gasteiger partial charge in [-0.15, -0.1) is 0 Å². The summed E-state index contributed by atoms with van der Waals surface area (Å²) in [4.78, 5) is 8.94. The highest BCUT2D eigenvalue weighted by Crippen LogP contribution is 2.28. The first-order chi connectivity index (χ1) is 10.1. The molecule has 0 unspecified atom stereocenters. The minimum Gasteiger partial charge on any atom is -0.379 e. The molecule has 3 rings (SSSR count). The summed E-state index contributed by atoms with van der Waals surface area (Å²) in [6.45, 7) is 4.78. The lowest BCUT2D eigenvalue weighted by Gasteiger charge is -2.14. The molecule has 3 aromatic rings. The highest BCUT2D eigenvalue weighted by atomic mass is 35.5. The van der Waals surface area contributed by atoms with Crippen molar-refractivity contribution >= 4 is 28.2 Å². The van der Waals surface area contributed by atoms with Gasteiger partial charge in [-0.05, 0) is 37.6 Å². The molecule has 1 aromatic carbocycles. The number of para-hydroxylation sites is 1. The molecule has 0 bridgehead atoms. The van der Waals surface area contributed by atoms with Crippen molar-refractivity contribution in [3.63, 3.8) is 0 Å². The quantitative estimate of drug-likeness (QED) is 0.773. The molecule has 2 heterocycles. The predicted octanol–water partition coefficient (Wildman–Crippen LogP) is 4.51. The minimum atomic E-state index is 0.653. The average Bonchev–Trinajstić information content (AvgIpc) is 2.49. The molecule has 0 atom stereocenters. The Morgan fingerprint density at radius 2 is 1.90 bits per heavy atom. The van der Waals surface area contributed by atoms with Crippen LogP contribution in [-0.4, -0.2) is 9.97 Å². The van der Waals surface area contributed by atoms with Gasteiger partial charge in [0.2, 0.25) is 0 Å². The van der Waals surface area contributed by atoms with Gasteiger partial charge in [0.25, 0.3) is 0 Å². The van der Waals surface area contributed by atoms with E-state index in [1.807, 2.05) is 37.3 Å². The van der Waals surface area contributed by atoms with E-state index in [4.69, 9.17) is 11.6 Å². The standard InChI is InChI=1S/C17H16ClN3/c1-11-12(2)21-16-6-4-3-5-15(16)17(11)20-10-14-8-7-13(18)9-19-14/h3-9H,10H2,1-2H3,(H,20,21). The van der Waals surface area contributed by atoms with Crippen molar-refractivity contribution in [1.29, 1.82) is 0 Å². The molecule has 1 N–H and O–H groups in total. The number of nitrogens with zero attached hydrogens (tertiary/aromatic N) is 2. The Morgan fingerprint density at radius 3 is 2.67 bits per heavy atom. The number of pyridine rings is 2. The van der Waals surface area contributed by atoms with Crippen LogP contribution in [0.25, 0.3) is 10.9 Å². The summed E-state index contributed by atoms with van der Waals surface area (Å²) in [7, 11) is 0. The number of hydrogen-bond acceptors (Lipinski definition) is 3. The van der Waals surface area contributed by atoms with Crippen molar-refractivity contribution in [2.45, 2.75) is 20.4 Å². The van der Waals surface area contributed by atoms with Gasteiger partial charge in [-0.2, -0.15) is 0 Å². The van der Waals surface area contributed by atoms with Crippen molar-refractivity contribution < 1.29 is 0 Å². The second-order valence-corrected chi connectivity index (χ2v) is 5.47. The first-order valence-corrected chi connectivity index (χ1v) is 7.23. The summed E-state index contributed by atoms with van der Waals surface area (Å²) in [6.07, 6.45) is 1.67. The molecule has 0 saturated heterocycles. The van der Waals surface area contributed by atoms with Gasteiger partial charge >= 0.3 is 0 Å². The maximum atomic E-state index is 5.86. The Hall–Kier alpha value is -2.13. The average molecular weight is 298 g/mol. The number of aryl methyl sites for hydroxylation is 1. The van der Waals surface area contributed by atoms with Gasteiger partial charge in [0.05, 0.1) is 22.8 Å². The molecule has 106 valence electrons. The van der Waals surface area contributed by atoms with Gasteiger partial charge in [0.1, 0.15) is 0 Å². The van der Waals surface area contributed by atoms with E-state index in [1.54, 1.807) is 6.20 Å². The molecule has 4 heteroatoms. The van der Waals surface area contributed by atoms with Gasteiger partial charge in [-0.1, -0.05) is 29.8 Å². The molecule has 0 saturated carbocycles. The maximum Gasteiger partial charge on any atom is 0.0726 e. The molecule has 2 aromatic heterocycles. The maximum absolute atomic E-state index is 5.86. The molecule has 0 aliphatic carbocycles. The van der Waals surface area contributed by atoms with Crippen molar-refractivity contribution in [3.8, 4) is 0 Å². The van der Waals surface area contributed by atoms with E-state index in [9.17, 15) is 0 Å². The van der Waals surface area contributed by atoms with Crippen LogP contribution in [0.1, 0.15) is 17.0 Å². The van der Waals surface area contributed by atoms with Crippen molar-refractivity contribution in [3.05, 3.63) is 64.6 Å². The van der Waals surface area contributed by atoms with E-state index >= 15 is 0 Å². The molecule has 0 aliphatic rings. The van der Waals surface area contributed by atoms with Crippen LogP contribution in [0.3, 0.4) is 0 Å². The Bertz CT molecular complexity index is 782. The number of benzene rings is 1. The number of aromatic nitrogens is 2. The summed E-state index contributed by atoms with van der Waals surface area (Å²) in [5.41, 5.74) is 5.29. The van der Waals surface area contributed by atoms with E-state index in [0.29, 0.717) is 11.6 Å². The Kier molecular flexibility index (Phi) is 3.76. The summed E-state index contributed by atoms with van der Waals surface area (Å²) >= 11 is 5.86. The Labute approximate surface area is 129 Å². The first-order valence-electron chi connectivity index (χ1n) is 6.85. The second kappa shape index (κ2) is 5.70. The van der Waals surface area contributed by atoms with Crippen LogP contribution < -0.4 is 5.32 Å². The van der Waals surface area contributed by atoms with Gasteiger partial charge in [0, 0.05) is 23.0 Å². The predicted molar refractivity (Wildman–Crippen MR) is 87.8 cm³/mol. The highest BCUT2D eigenvalue weighted by Gasteiger charge is 2.08. The second-order valence-electron chi connectivity index (χ2n) is 5.04. The number of nitrogens with one attached hydrogen (secondary N) is 1. The zero-order chi connectivity index (χ0) is 14.8. The topological polar surface area (TPSA) is 37.8 Å². The van der Waals surface area contributed by atoms with E-state index in [1.165, 1.54) is 5.56 Å². The van der Waals surface area contributed by atoms with Crippen LogP contribution in [-0.2, 0) is 6.54 Å². The lowest BCUT2D eigenvalue weighted by molar-refractivity contribution is 1.04. The van der Waals surface area contributed by atoms with Gasteiger partial charge < -0.3 is 5.32 Å². The van der Waals surface area contributed by atoms with Crippen LogP contribution >= 0.6 is 11.6 Å². The van der Waals surface area contributed by atoms with Crippen LogP contribution in [0.15, 0.2) is 42.6 Å². The summed E-state index contributed by atoms with van der Waals surface area (Å²) < 4.78 is 0. The molecule has 0 fully saturated rings. The Morgan fingerprint density at radius 1 is 1.10 bits per heavy atom. The van der Waals surface area contributed by atoms with Crippen LogP contribution in [0, 0.1) is 13.8 Å². The minimum absolute atomic E-state index is 0.653. The fraction of sp³-hybridized carbons (Fsp3) is 0.176. The van der Waals surface area contributed by atoms with Crippen molar-refractivity contribution in [2.24, 2.45) is 0 Å². The monoisotopic (exact) mass is 297 g/mol. The summed E-state index contributed by atoms with van der Waals surface area (Å²) in [5.74, 6) is 0. The molecule has 0 aliphatic heterocycles. The Balaban J connectivity index is 1.96. The van der Waals surface area contributed by atoms with Crippen LogP contribution in [0.2, 0.25) is 5.02 Å². The third kappa shape index (κ3) is 2.83. The fourth-order valence-electron chi connectivity index (χ4n) is 2.35. The van der Waals surface area contributed by atoms with E-state index in [0.717, 1.165) is 28.0 Å². The van der Waals surface area contributed by atoms with Gasteiger partial charge in [0.15, 0.2) is 0 Å². The van der Waals surface area contributed by atoms with E-state index in [-0.39, 0.29) is 0 Å². The summed E-state index contributed by atoms with van der Waals surface area (Å²) in [6, 6.07) is 12.0. The number of halogens is 1. The number of fused-ring (bicyclic) bond motifs is 1. The molecule has 3 nitrogen and oxygen atoms in total. The lowest BCUT2D eigenvalue weighted by Crippen LogP contribution is -2.05. The van der Waals surface area contributed by atoms with E-state index < -0.39 is 0 Å². The molecule has 0 radical (unpaired) electrons.